The van der Waals surface area contributed by atoms with Crippen LogP contribution in [0.3, 0.4) is 0 Å². The van der Waals surface area contributed by atoms with E-state index in [1.54, 1.807) is 12.1 Å². The molecule has 1 radical (unpaired) electrons. The molecule has 1 aromatic carbocycles. The van der Waals surface area contributed by atoms with Crippen LogP contribution in [-0.4, -0.2) is 30.1 Å². The van der Waals surface area contributed by atoms with Crippen molar-refractivity contribution in [2.75, 3.05) is 13.1 Å². The van der Waals surface area contributed by atoms with Gasteiger partial charge in [0.15, 0.2) is 6.04 Å². The number of likely N-dealkylation sites (tertiary alicyclic amines) is 1. The van der Waals surface area contributed by atoms with Crippen LogP contribution in [0.4, 0.5) is 0 Å². The Balaban J connectivity index is 2.09. The summed E-state index contributed by atoms with van der Waals surface area (Å²) in [6, 6.07) is 6.67. The van der Waals surface area contributed by atoms with Gasteiger partial charge in [0.05, 0.1) is 13.1 Å². The number of benzene rings is 1. The van der Waals surface area contributed by atoms with Crippen molar-refractivity contribution in [1.29, 1.82) is 0 Å². The van der Waals surface area contributed by atoms with Crippen LogP contribution >= 0.6 is 11.6 Å². The Kier molecular flexibility index (Phi) is 3.82. The fraction of sp³-hybridized carbons (Fsp3) is 0.462. The molecule has 0 amide bonds. The maximum Gasteiger partial charge on any atom is 0.262 e. The SMILES string of the molecule is O=[C][C@@H](Cc1ccc(Cl)cc1)[N+]1([O-])CCCC1. The number of nitrogens with zero attached hydrogens (tertiary/aromatic N) is 1. The maximum absolute atomic E-state index is 12.4. The highest BCUT2D eigenvalue weighted by Crippen LogP contribution is 2.23. The molecule has 1 saturated heterocycles. The third-order valence-electron chi connectivity index (χ3n) is 3.37. The van der Waals surface area contributed by atoms with Crippen molar-refractivity contribution in [3.8, 4) is 0 Å². The van der Waals surface area contributed by atoms with Gasteiger partial charge in [0, 0.05) is 24.3 Å². The fourth-order valence-electron chi connectivity index (χ4n) is 2.33. The first-order valence-corrected chi connectivity index (χ1v) is 6.22. The standard InChI is InChI=1S/C13H15ClNO2/c14-12-5-3-11(4-6-12)9-13(10-16)15(17)7-1-2-8-15/h3-6,13H,1-2,7-9H2/t13-/m1/s1. The third kappa shape index (κ3) is 2.86. The second kappa shape index (κ2) is 5.17. The Hall–Kier alpha value is -0.900. The number of halogens is 1. The second-order valence-corrected chi connectivity index (χ2v) is 5.01. The van der Waals surface area contributed by atoms with E-state index in [9.17, 15) is 10.0 Å². The molecule has 4 heteroatoms. The number of hydroxylamine groups is 3. The molecule has 1 aromatic rings. The Morgan fingerprint density at radius 2 is 1.88 bits per heavy atom. The molecule has 1 heterocycles. The van der Waals surface area contributed by atoms with Gasteiger partial charge < -0.3 is 9.85 Å². The summed E-state index contributed by atoms with van der Waals surface area (Å²) >= 11 is 5.79. The summed E-state index contributed by atoms with van der Waals surface area (Å²) in [7, 11) is 0. The lowest BCUT2D eigenvalue weighted by Crippen LogP contribution is -2.50. The minimum absolute atomic E-state index is 0.411. The largest absolute Gasteiger partial charge is 0.632 e. The van der Waals surface area contributed by atoms with Gasteiger partial charge >= 0.3 is 0 Å². The molecule has 91 valence electrons. The first-order chi connectivity index (χ1) is 8.14. The molecule has 0 unspecified atom stereocenters. The van der Waals surface area contributed by atoms with Gasteiger partial charge in [0.25, 0.3) is 6.29 Å². The molecule has 3 nitrogen and oxygen atoms in total. The molecule has 0 spiro atoms. The van der Waals surface area contributed by atoms with Gasteiger partial charge in [-0.15, -0.1) is 0 Å². The summed E-state index contributed by atoms with van der Waals surface area (Å²) in [5.41, 5.74) is 0.961. The predicted molar refractivity (Wildman–Crippen MR) is 67.2 cm³/mol. The molecule has 17 heavy (non-hydrogen) atoms. The van der Waals surface area contributed by atoms with Crippen LogP contribution < -0.4 is 0 Å². The summed E-state index contributed by atoms with van der Waals surface area (Å²) in [5, 5.41) is 13.0. The molecule has 1 fully saturated rings. The van der Waals surface area contributed by atoms with Gasteiger partial charge in [-0.3, -0.25) is 4.79 Å². The van der Waals surface area contributed by atoms with E-state index < -0.39 is 10.7 Å². The Bertz CT molecular complexity index is 385. The quantitative estimate of drug-likeness (QED) is 0.610. The third-order valence-corrected chi connectivity index (χ3v) is 3.62. The predicted octanol–water partition coefficient (Wildman–Crippen LogP) is 2.47. The van der Waals surface area contributed by atoms with Gasteiger partial charge in [-0.2, -0.15) is 0 Å². The van der Waals surface area contributed by atoms with Crippen LogP contribution in [-0.2, 0) is 11.2 Å². The van der Waals surface area contributed by atoms with Crippen LogP contribution in [0.15, 0.2) is 24.3 Å². The minimum Gasteiger partial charge on any atom is -0.632 e. The molecule has 0 aromatic heterocycles. The van der Waals surface area contributed by atoms with Crippen molar-refractivity contribution >= 4 is 17.9 Å². The summed E-state index contributed by atoms with van der Waals surface area (Å²) < 4.78 is -0.411. The van der Waals surface area contributed by atoms with Gasteiger partial charge in [-0.1, -0.05) is 23.7 Å². The lowest BCUT2D eigenvalue weighted by Gasteiger charge is -2.42. The fourth-order valence-corrected chi connectivity index (χ4v) is 2.46. The molecular weight excluding hydrogens is 238 g/mol. The zero-order valence-corrected chi connectivity index (χ0v) is 10.3. The Morgan fingerprint density at radius 3 is 2.41 bits per heavy atom. The molecule has 0 N–H and O–H groups in total. The number of carbonyl (C=O) groups excluding carboxylic acids is 1. The molecule has 0 saturated carbocycles. The first kappa shape index (κ1) is 12.6. The Labute approximate surface area is 106 Å². The second-order valence-electron chi connectivity index (χ2n) is 4.57. The summed E-state index contributed by atoms with van der Waals surface area (Å²) in [5.74, 6) is 0. The van der Waals surface area contributed by atoms with Crippen LogP contribution in [0.2, 0.25) is 5.02 Å². The van der Waals surface area contributed by atoms with Gasteiger partial charge in [0.1, 0.15) is 0 Å². The molecule has 2 rings (SSSR count). The van der Waals surface area contributed by atoms with E-state index in [0.29, 0.717) is 24.5 Å². The molecule has 0 bridgehead atoms. The van der Waals surface area contributed by atoms with Gasteiger partial charge in [-0.05, 0) is 17.7 Å². The van der Waals surface area contributed by atoms with Crippen molar-refractivity contribution in [1.82, 2.24) is 0 Å². The van der Waals surface area contributed by atoms with E-state index >= 15 is 0 Å². The molecule has 1 atom stereocenters. The summed E-state index contributed by atoms with van der Waals surface area (Å²) in [6.45, 7) is 1.07. The van der Waals surface area contributed by atoms with E-state index in [2.05, 4.69) is 0 Å². The molecular formula is C13H15ClNO2. The molecule has 1 aliphatic heterocycles. The zero-order valence-electron chi connectivity index (χ0n) is 9.56. The van der Waals surface area contributed by atoms with Crippen LogP contribution in [0, 0.1) is 5.21 Å². The van der Waals surface area contributed by atoms with Crippen molar-refractivity contribution in [3.05, 3.63) is 40.1 Å². The van der Waals surface area contributed by atoms with E-state index in [0.717, 1.165) is 18.4 Å². The molecule has 0 aliphatic carbocycles. The van der Waals surface area contributed by atoms with Crippen molar-refractivity contribution in [3.63, 3.8) is 0 Å². The topological polar surface area (TPSA) is 40.1 Å². The minimum atomic E-state index is -0.598. The van der Waals surface area contributed by atoms with Gasteiger partial charge in [0.2, 0.25) is 0 Å². The number of hydrogen-bond acceptors (Lipinski definition) is 2. The van der Waals surface area contributed by atoms with Crippen LogP contribution in [0.5, 0.6) is 0 Å². The lowest BCUT2D eigenvalue weighted by atomic mass is 10.1. The number of quaternary nitrogens is 1. The highest BCUT2D eigenvalue weighted by atomic mass is 35.5. The highest BCUT2D eigenvalue weighted by Gasteiger charge is 2.32. The van der Waals surface area contributed by atoms with E-state index in [1.807, 2.05) is 18.4 Å². The van der Waals surface area contributed by atoms with Crippen molar-refractivity contribution in [2.45, 2.75) is 25.3 Å². The number of rotatable bonds is 4. The smallest absolute Gasteiger partial charge is 0.262 e. The van der Waals surface area contributed by atoms with Crippen LogP contribution in [0.25, 0.3) is 0 Å². The van der Waals surface area contributed by atoms with E-state index in [4.69, 9.17) is 11.6 Å². The Morgan fingerprint density at radius 1 is 1.29 bits per heavy atom. The van der Waals surface area contributed by atoms with Crippen molar-refractivity contribution in [2.24, 2.45) is 0 Å². The van der Waals surface area contributed by atoms with Gasteiger partial charge in [-0.25, -0.2) is 0 Å². The highest BCUT2D eigenvalue weighted by molar-refractivity contribution is 6.30. The van der Waals surface area contributed by atoms with E-state index in [1.165, 1.54) is 0 Å². The monoisotopic (exact) mass is 252 g/mol. The first-order valence-electron chi connectivity index (χ1n) is 5.84. The summed E-state index contributed by atoms with van der Waals surface area (Å²) in [4.78, 5) is 11.0. The molecule has 1 aliphatic rings. The lowest BCUT2D eigenvalue weighted by molar-refractivity contribution is -0.882. The average Bonchev–Trinajstić information content (AvgIpc) is 2.76. The number of hydrogen-bond donors (Lipinski definition) is 0. The van der Waals surface area contributed by atoms with Crippen molar-refractivity contribution < 1.29 is 9.44 Å². The maximum atomic E-state index is 12.4. The van der Waals surface area contributed by atoms with Crippen LogP contribution in [0.1, 0.15) is 18.4 Å². The van der Waals surface area contributed by atoms with E-state index in [-0.39, 0.29) is 0 Å². The summed E-state index contributed by atoms with van der Waals surface area (Å²) in [6.07, 6.45) is 4.18. The average molecular weight is 253 g/mol. The zero-order chi connectivity index (χ0) is 12.3. The normalized spacial score (nSPS) is 20.1.